The lowest BCUT2D eigenvalue weighted by molar-refractivity contribution is -0.167. The molecule has 0 radical (unpaired) electrons. The van der Waals surface area contributed by atoms with Crippen LogP contribution in [0.3, 0.4) is 0 Å². The molecule has 7 heteroatoms. The van der Waals surface area contributed by atoms with Gasteiger partial charge >= 0.3 is 11.9 Å². The minimum absolute atomic E-state index is 0.0675. The van der Waals surface area contributed by atoms with Crippen LogP contribution in [0.15, 0.2) is 18.3 Å². The number of nitrogens with zero attached hydrogens (tertiary/aromatic N) is 1. The number of pyridine rings is 1. The highest BCUT2D eigenvalue weighted by Gasteiger charge is 2.43. The van der Waals surface area contributed by atoms with Crippen molar-refractivity contribution in [2.75, 3.05) is 6.61 Å². The van der Waals surface area contributed by atoms with Gasteiger partial charge in [0.2, 0.25) is 5.88 Å². The van der Waals surface area contributed by atoms with Crippen LogP contribution in [0.1, 0.15) is 19.4 Å². The SMILES string of the molecule is CCOc1ncccc1C(S)(OC(C)=O)C(=O)O. The van der Waals surface area contributed by atoms with E-state index in [0.717, 1.165) is 6.92 Å². The van der Waals surface area contributed by atoms with Gasteiger partial charge in [0.15, 0.2) is 0 Å². The van der Waals surface area contributed by atoms with Crippen LogP contribution in [-0.4, -0.2) is 28.6 Å². The number of carboxylic acid groups (broad SMARTS) is 1. The Morgan fingerprint density at radius 3 is 2.72 bits per heavy atom. The van der Waals surface area contributed by atoms with Crippen LogP contribution < -0.4 is 4.74 Å². The molecule has 0 aliphatic heterocycles. The zero-order valence-corrected chi connectivity index (χ0v) is 10.8. The van der Waals surface area contributed by atoms with Gasteiger partial charge in [0, 0.05) is 13.1 Å². The second kappa shape index (κ2) is 5.72. The lowest BCUT2D eigenvalue weighted by atomic mass is 10.1. The highest BCUT2D eigenvalue weighted by atomic mass is 32.1. The topological polar surface area (TPSA) is 85.7 Å². The average molecular weight is 271 g/mol. The lowest BCUT2D eigenvalue weighted by Gasteiger charge is -2.24. The van der Waals surface area contributed by atoms with Crippen molar-refractivity contribution in [1.29, 1.82) is 0 Å². The molecule has 0 fully saturated rings. The monoisotopic (exact) mass is 271 g/mol. The van der Waals surface area contributed by atoms with E-state index in [-0.39, 0.29) is 11.4 Å². The first-order chi connectivity index (χ1) is 8.41. The Bertz CT molecular complexity index is 465. The smallest absolute Gasteiger partial charge is 0.364 e. The Labute approximate surface area is 109 Å². The third-order valence-corrected chi connectivity index (χ3v) is 2.52. The minimum atomic E-state index is -2.12. The van der Waals surface area contributed by atoms with E-state index in [9.17, 15) is 14.7 Å². The fraction of sp³-hybridized carbons (Fsp3) is 0.364. The summed E-state index contributed by atoms with van der Waals surface area (Å²) in [4.78, 5) is 24.1. The van der Waals surface area contributed by atoms with Crippen molar-refractivity contribution in [1.82, 2.24) is 4.98 Å². The lowest BCUT2D eigenvalue weighted by Crippen LogP contribution is -2.35. The molecule has 98 valence electrons. The number of rotatable bonds is 5. The van der Waals surface area contributed by atoms with E-state index in [2.05, 4.69) is 17.6 Å². The number of carboxylic acids is 1. The number of carbonyl (C=O) groups is 2. The minimum Gasteiger partial charge on any atom is -0.478 e. The van der Waals surface area contributed by atoms with Gasteiger partial charge in [-0.2, -0.15) is 0 Å². The van der Waals surface area contributed by atoms with Gasteiger partial charge < -0.3 is 14.6 Å². The second-order valence-electron chi connectivity index (χ2n) is 3.33. The van der Waals surface area contributed by atoms with E-state index in [4.69, 9.17) is 9.47 Å². The maximum atomic E-state index is 11.3. The first-order valence-electron chi connectivity index (χ1n) is 5.15. The summed E-state index contributed by atoms with van der Waals surface area (Å²) in [5, 5.41) is 9.19. The molecule has 0 saturated carbocycles. The molecule has 0 aromatic carbocycles. The third-order valence-electron chi connectivity index (χ3n) is 2.00. The van der Waals surface area contributed by atoms with Crippen LogP contribution >= 0.6 is 12.6 Å². The van der Waals surface area contributed by atoms with Crippen LogP contribution in [0.5, 0.6) is 5.88 Å². The molecule has 1 unspecified atom stereocenters. The van der Waals surface area contributed by atoms with E-state index in [1.807, 2.05) is 0 Å². The largest absolute Gasteiger partial charge is 0.478 e. The van der Waals surface area contributed by atoms with Crippen molar-refractivity contribution in [2.45, 2.75) is 18.8 Å². The molecule has 0 saturated heterocycles. The highest BCUT2D eigenvalue weighted by molar-refractivity contribution is 7.82. The van der Waals surface area contributed by atoms with Crippen LogP contribution in [0.4, 0.5) is 0 Å². The molecule has 1 heterocycles. The number of aliphatic carboxylic acids is 1. The van der Waals surface area contributed by atoms with Crippen molar-refractivity contribution >= 4 is 24.6 Å². The molecule has 0 aliphatic carbocycles. The van der Waals surface area contributed by atoms with Gasteiger partial charge in [0.25, 0.3) is 4.93 Å². The highest BCUT2D eigenvalue weighted by Crippen LogP contribution is 2.35. The summed E-state index contributed by atoms with van der Waals surface area (Å²) in [6.45, 7) is 3.13. The number of carbonyl (C=O) groups excluding carboxylic acids is 1. The molecule has 1 rings (SSSR count). The summed E-state index contributed by atoms with van der Waals surface area (Å²) in [6.07, 6.45) is 1.44. The molecule has 0 amide bonds. The average Bonchev–Trinajstić information content (AvgIpc) is 2.28. The molecule has 0 bridgehead atoms. The van der Waals surface area contributed by atoms with E-state index in [1.165, 1.54) is 18.3 Å². The molecule has 1 aromatic rings. The van der Waals surface area contributed by atoms with Crippen molar-refractivity contribution in [3.05, 3.63) is 23.9 Å². The summed E-state index contributed by atoms with van der Waals surface area (Å²) in [6, 6.07) is 2.94. The number of aromatic nitrogens is 1. The Morgan fingerprint density at radius 2 is 2.22 bits per heavy atom. The molecule has 0 spiro atoms. The van der Waals surface area contributed by atoms with E-state index >= 15 is 0 Å². The summed E-state index contributed by atoms with van der Waals surface area (Å²) in [7, 11) is 0. The number of hydrogen-bond acceptors (Lipinski definition) is 6. The Balaban J connectivity index is 3.29. The summed E-state index contributed by atoms with van der Waals surface area (Å²) >= 11 is 3.94. The number of ether oxygens (including phenoxy) is 2. The van der Waals surface area contributed by atoms with Gasteiger partial charge in [0.1, 0.15) is 0 Å². The molecule has 0 aliphatic rings. The van der Waals surface area contributed by atoms with Crippen LogP contribution in [0.25, 0.3) is 0 Å². The predicted octanol–water partition coefficient (Wildman–Crippen LogP) is 1.21. The zero-order valence-electron chi connectivity index (χ0n) is 9.91. The fourth-order valence-electron chi connectivity index (χ4n) is 1.32. The van der Waals surface area contributed by atoms with Crippen LogP contribution in [0, 0.1) is 0 Å². The quantitative estimate of drug-likeness (QED) is 0.475. The normalized spacial score (nSPS) is 13.5. The molecular weight excluding hydrogens is 258 g/mol. The summed E-state index contributed by atoms with van der Waals surface area (Å²) < 4.78 is 9.98. The van der Waals surface area contributed by atoms with E-state index < -0.39 is 16.9 Å². The Kier molecular flexibility index (Phi) is 4.55. The van der Waals surface area contributed by atoms with Gasteiger partial charge in [-0.05, 0) is 19.1 Å². The van der Waals surface area contributed by atoms with Crippen molar-refractivity contribution in [3.8, 4) is 5.88 Å². The fourth-order valence-corrected chi connectivity index (χ4v) is 1.62. The standard InChI is InChI=1S/C11H13NO5S/c1-3-16-9-8(5-4-6-12-9)11(18,10(14)15)17-7(2)13/h4-6,18H,3H2,1-2H3,(H,14,15). The van der Waals surface area contributed by atoms with Crippen LogP contribution in [0.2, 0.25) is 0 Å². The summed E-state index contributed by atoms with van der Waals surface area (Å²) in [5.74, 6) is -2.12. The van der Waals surface area contributed by atoms with Gasteiger partial charge in [-0.25, -0.2) is 9.78 Å². The van der Waals surface area contributed by atoms with Gasteiger partial charge in [-0.3, -0.25) is 4.79 Å². The first kappa shape index (κ1) is 14.3. The van der Waals surface area contributed by atoms with Crippen LogP contribution in [-0.2, 0) is 19.3 Å². The number of hydrogen-bond donors (Lipinski definition) is 2. The van der Waals surface area contributed by atoms with Gasteiger partial charge in [-0.1, -0.05) is 0 Å². The van der Waals surface area contributed by atoms with Crippen molar-refractivity contribution in [3.63, 3.8) is 0 Å². The van der Waals surface area contributed by atoms with Gasteiger partial charge in [0.05, 0.1) is 12.2 Å². The first-order valence-corrected chi connectivity index (χ1v) is 5.60. The van der Waals surface area contributed by atoms with Crippen molar-refractivity contribution in [2.24, 2.45) is 0 Å². The van der Waals surface area contributed by atoms with E-state index in [1.54, 1.807) is 6.92 Å². The van der Waals surface area contributed by atoms with Gasteiger partial charge in [-0.15, -0.1) is 12.6 Å². The second-order valence-corrected chi connectivity index (χ2v) is 3.96. The number of thiol groups is 1. The third kappa shape index (κ3) is 2.92. The Hall–Kier alpha value is -1.76. The molecule has 1 atom stereocenters. The maximum Gasteiger partial charge on any atom is 0.364 e. The zero-order chi connectivity index (χ0) is 13.8. The predicted molar refractivity (Wildman–Crippen MR) is 65.5 cm³/mol. The molecule has 6 nitrogen and oxygen atoms in total. The molecule has 1 N–H and O–H groups in total. The summed E-state index contributed by atoms with van der Waals surface area (Å²) in [5.41, 5.74) is 0.0675. The Morgan fingerprint density at radius 1 is 1.56 bits per heavy atom. The van der Waals surface area contributed by atoms with Crippen molar-refractivity contribution < 1.29 is 24.2 Å². The maximum absolute atomic E-state index is 11.3. The van der Waals surface area contributed by atoms with E-state index in [0.29, 0.717) is 6.61 Å². The molecular formula is C11H13NO5S. The molecule has 1 aromatic heterocycles. The molecule has 18 heavy (non-hydrogen) atoms. The number of esters is 1.